The minimum atomic E-state index is -0.247. The van der Waals surface area contributed by atoms with E-state index in [1.807, 2.05) is 84.4 Å². The number of hydrogen-bond acceptors (Lipinski definition) is 5. The Hall–Kier alpha value is -4.98. The quantitative estimate of drug-likeness (QED) is 0.270. The van der Waals surface area contributed by atoms with Crippen molar-refractivity contribution in [2.45, 2.75) is 33.1 Å². The molecule has 0 aliphatic rings. The first-order chi connectivity index (χ1) is 19.1. The van der Waals surface area contributed by atoms with Crippen LogP contribution >= 0.6 is 0 Å². The highest BCUT2D eigenvalue weighted by Gasteiger charge is 2.16. The highest BCUT2D eigenvalue weighted by Crippen LogP contribution is 2.29. The van der Waals surface area contributed by atoms with E-state index in [-0.39, 0.29) is 22.7 Å². The Balaban J connectivity index is 1.40. The van der Waals surface area contributed by atoms with E-state index in [1.165, 1.54) is 10.1 Å². The minimum Gasteiger partial charge on any atom is -0.336 e. The molecule has 202 valence electrons. The molecule has 3 aromatic carbocycles. The van der Waals surface area contributed by atoms with Crippen molar-refractivity contribution in [1.82, 2.24) is 19.1 Å². The molecule has 8 nitrogen and oxygen atoms in total. The molecule has 0 atom stereocenters. The lowest BCUT2D eigenvalue weighted by atomic mass is 9.86. The predicted molar refractivity (Wildman–Crippen MR) is 160 cm³/mol. The van der Waals surface area contributed by atoms with Crippen LogP contribution in [0.15, 0.2) is 96.4 Å². The van der Waals surface area contributed by atoms with Crippen LogP contribution in [0.1, 0.15) is 42.3 Å². The number of rotatable bonds is 6. The van der Waals surface area contributed by atoms with Gasteiger partial charge in [-0.1, -0.05) is 45.0 Å². The van der Waals surface area contributed by atoms with E-state index in [2.05, 4.69) is 41.4 Å². The van der Waals surface area contributed by atoms with Crippen LogP contribution in [0.5, 0.6) is 0 Å². The Morgan fingerprint density at radius 2 is 1.68 bits per heavy atom. The normalized spacial score (nSPS) is 11.3. The Bertz CT molecular complexity index is 1710. The average Bonchev–Trinajstić information content (AvgIpc) is 3.47. The largest absolute Gasteiger partial charge is 0.336 e. The third-order valence-electron chi connectivity index (χ3n) is 6.87. The fourth-order valence-electron chi connectivity index (χ4n) is 4.45. The van der Waals surface area contributed by atoms with Crippen LogP contribution in [0.3, 0.4) is 0 Å². The molecule has 2 aromatic heterocycles. The molecule has 0 spiro atoms. The summed E-state index contributed by atoms with van der Waals surface area (Å²) in [5, 5.41) is 6.19. The van der Waals surface area contributed by atoms with Gasteiger partial charge in [0.25, 0.3) is 11.5 Å². The van der Waals surface area contributed by atoms with Gasteiger partial charge in [0.1, 0.15) is 0 Å². The van der Waals surface area contributed by atoms with Crippen molar-refractivity contribution >= 4 is 23.1 Å². The maximum atomic E-state index is 13.0. The van der Waals surface area contributed by atoms with E-state index >= 15 is 0 Å². The first-order valence-corrected chi connectivity index (χ1v) is 13.0. The van der Waals surface area contributed by atoms with Gasteiger partial charge in [-0.05, 0) is 65.9 Å². The van der Waals surface area contributed by atoms with Crippen molar-refractivity contribution in [2.75, 3.05) is 10.6 Å². The Morgan fingerprint density at radius 1 is 0.950 bits per heavy atom. The number of nitrogens with zero attached hydrogens (tertiary/aromatic N) is 4. The number of hydrogen-bond donors (Lipinski definition) is 2. The van der Waals surface area contributed by atoms with Crippen molar-refractivity contribution in [2.24, 2.45) is 7.05 Å². The summed E-state index contributed by atoms with van der Waals surface area (Å²) < 4.78 is 3.41. The summed E-state index contributed by atoms with van der Waals surface area (Å²) >= 11 is 0. The first kappa shape index (κ1) is 26.6. The van der Waals surface area contributed by atoms with Crippen molar-refractivity contribution in [3.8, 4) is 16.9 Å². The number of carbonyl (C=O) groups is 1. The van der Waals surface area contributed by atoms with Gasteiger partial charge in [0.05, 0.1) is 12.0 Å². The van der Waals surface area contributed by atoms with E-state index in [0.717, 1.165) is 22.5 Å². The third kappa shape index (κ3) is 5.56. The van der Waals surface area contributed by atoms with Crippen LogP contribution in [-0.2, 0) is 12.5 Å². The van der Waals surface area contributed by atoms with Crippen molar-refractivity contribution in [3.63, 3.8) is 0 Å². The predicted octanol–water partition coefficient (Wildman–Crippen LogP) is 6.23. The van der Waals surface area contributed by atoms with Crippen LogP contribution < -0.4 is 16.2 Å². The van der Waals surface area contributed by atoms with Crippen molar-refractivity contribution < 1.29 is 4.79 Å². The van der Waals surface area contributed by atoms with Crippen molar-refractivity contribution in [3.05, 3.63) is 119 Å². The summed E-state index contributed by atoms with van der Waals surface area (Å²) in [4.78, 5) is 34.7. The van der Waals surface area contributed by atoms with Crippen LogP contribution in [-0.4, -0.2) is 25.0 Å². The number of carbonyl (C=O) groups excluding carboxylic acids is 1. The van der Waals surface area contributed by atoms with Gasteiger partial charge in [0.2, 0.25) is 0 Å². The number of amides is 1. The van der Waals surface area contributed by atoms with Gasteiger partial charge in [-0.2, -0.15) is 0 Å². The van der Waals surface area contributed by atoms with E-state index < -0.39 is 0 Å². The zero-order valence-corrected chi connectivity index (χ0v) is 23.3. The minimum absolute atomic E-state index is 0.0143. The molecule has 0 unspecified atom stereocenters. The average molecular weight is 533 g/mol. The fraction of sp³-hybridized carbons (Fsp3) is 0.188. The topological polar surface area (TPSA) is 93.8 Å². The molecule has 0 saturated carbocycles. The molecule has 8 heteroatoms. The summed E-state index contributed by atoms with van der Waals surface area (Å²) in [6.07, 6.45) is 7.02. The summed E-state index contributed by atoms with van der Waals surface area (Å²) in [5.41, 5.74) is 6.18. The van der Waals surface area contributed by atoms with Crippen LogP contribution in [0.25, 0.3) is 16.9 Å². The lowest BCUT2D eigenvalue weighted by Crippen LogP contribution is -2.21. The number of aromatic nitrogens is 4. The van der Waals surface area contributed by atoms with E-state index in [4.69, 9.17) is 0 Å². The first-order valence-electron chi connectivity index (χ1n) is 13.0. The number of benzene rings is 3. The van der Waals surface area contributed by atoms with Gasteiger partial charge >= 0.3 is 0 Å². The summed E-state index contributed by atoms with van der Waals surface area (Å²) in [5.74, 6) is 0.0267. The molecule has 2 heterocycles. The second-order valence-electron chi connectivity index (χ2n) is 10.8. The van der Waals surface area contributed by atoms with E-state index in [0.29, 0.717) is 16.9 Å². The van der Waals surface area contributed by atoms with Gasteiger partial charge < -0.3 is 19.8 Å². The monoisotopic (exact) mass is 532 g/mol. The molecule has 5 aromatic rings. The molecule has 40 heavy (non-hydrogen) atoms. The summed E-state index contributed by atoms with van der Waals surface area (Å²) in [6.45, 7) is 8.36. The van der Waals surface area contributed by atoms with Gasteiger partial charge in [0, 0.05) is 53.8 Å². The molecule has 5 rings (SSSR count). The molecule has 0 radical (unpaired) electrons. The van der Waals surface area contributed by atoms with Gasteiger partial charge in [-0.15, -0.1) is 0 Å². The SMILES string of the molecule is Cc1c(NC(=O)c2ccc(C(C)(C)C)cc2)cccc1-c1cn(C)c(=O)c(Nc2ccc(-n3ccnc3)cc2)n1. The molecule has 2 N–H and O–H groups in total. The Kier molecular flexibility index (Phi) is 7.09. The second kappa shape index (κ2) is 10.6. The molecule has 0 bridgehead atoms. The number of aryl methyl sites for hydroxylation is 1. The van der Waals surface area contributed by atoms with Crippen LogP contribution in [0.2, 0.25) is 0 Å². The zero-order valence-electron chi connectivity index (χ0n) is 23.3. The van der Waals surface area contributed by atoms with Gasteiger partial charge in [0.15, 0.2) is 5.82 Å². The zero-order chi connectivity index (χ0) is 28.4. The maximum Gasteiger partial charge on any atom is 0.293 e. The molecule has 0 aliphatic carbocycles. The molecule has 0 fully saturated rings. The number of anilines is 3. The smallest absolute Gasteiger partial charge is 0.293 e. The van der Waals surface area contributed by atoms with Crippen molar-refractivity contribution in [1.29, 1.82) is 0 Å². The Morgan fingerprint density at radius 3 is 2.33 bits per heavy atom. The maximum absolute atomic E-state index is 13.0. The van der Waals surface area contributed by atoms with Gasteiger partial charge in [-0.25, -0.2) is 9.97 Å². The summed E-state index contributed by atoms with van der Waals surface area (Å²) in [7, 11) is 1.70. The molecule has 0 aliphatic heterocycles. The fourth-order valence-corrected chi connectivity index (χ4v) is 4.45. The third-order valence-corrected chi connectivity index (χ3v) is 6.87. The molecular weight excluding hydrogens is 500 g/mol. The van der Waals surface area contributed by atoms with Crippen LogP contribution in [0, 0.1) is 6.92 Å². The van der Waals surface area contributed by atoms with E-state index in [1.54, 1.807) is 25.8 Å². The van der Waals surface area contributed by atoms with E-state index in [9.17, 15) is 9.59 Å². The lowest BCUT2D eigenvalue weighted by Gasteiger charge is -2.19. The Labute approximate surface area is 233 Å². The molecule has 0 saturated heterocycles. The highest BCUT2D eigenvalue weighted by atomic mass is 16.1. The number of imidazole rings is 1. The number of nitrogens with one attached hydrogen (secondary N) is 2. The molecular formula is C32H32N6O2. The lowest BCUT2D eigenvalue weighted by molar-refractivity contribution is 0.102. The van der Waals surface area contributed by atoms with Crippen LogP contribution in [0.4, 0.5) is 17.2 Å². The molecule has 1 amide bonds. The summed E-state index contributed by atoms with van der Waals surface area (Å²) in [6, 6.07) is 21.0. The second-order valence-corrected chi connectivity index (χ2v) is 10.8. The highest BCUT2D eigenvalue weighted by molar-refractivity contribution is 6.05. The standard InChI is InChI=1S/C32H32N6O2/c1-21-26(7-6-8-27(21)36-30(39)22-9-11-23(12-10-22)32(2,3)4)28-19-37(5)31(40)29(35-28)34-24-13-15-25(16-14-24)38-18-17-33-20-38/h6-20H,1-5H3,(H,34,35)(H,36,39). The van der Waals surface area contributed by atoms with Gasteiger partial charge in [-0.3, -0.25) is 9.59 Å².